The van der Waals surface area contributed by atoms with Crippen LogP contribution in [0.4, 0.5) is 4.79 Å². The molecular formula is C13H16N4O3. The maximum atomic E-state index is 11.4. The highest BCUT2D eigenvalue weighted by molar-refractivity contribution is 5.74. The molecule has 0 atom stereocenters. The Labute approximate surface area is 115 Å². The Bertz CT molecular complexity index is 636. The Morgan fingerprint density at radius 2 is 2.10 bits per heavy atom. The SMILES string of the molecule is Cc1ccc2nc(CNC(=O)NCCC(=O)O)cn2c1. The highest BCUT2D eigenvalue weighted by Gasteiger charge is 2.05. The van der Waals surface area contributed by atoms with E-state index >= 15 is 0 Å². The summed E-state index contributed by atoms with van der Waals surface area (Å²) in [4.78, 5) is 26.1. The molecule has 7 heteroatoms. The maximum absolute atomic E-state index is 11.4. The first-order valence-corrected chi connectivity index (χ1v) is 6.22. The first kappa shape index (κ1) is 13.9. The fraction of sp³-hybridized carbons (Fsp3) is 0.308. The summed E-state index contributed by atoms with van der Waals surface area (Å²) >= 11 is 0. The lowest BCUT2D eigenvalue weighted by Crippen LogP contribution is -2.36. The van der Waals surface area contributed by atoms with Gasteiger partial charge in [-0.3, -0.25) is 4.79 Å². The van der Waals surface area contributed by atoms with E-state index in [4.69, 9.17) is 5.11 Å². The molecule has 0 saturated heterocycles. The molecule has 0 aliphatic carbocycles. The van der Waals surface area contributed by atoms with Crippen LogP contribution in [-0.4, -0.2) is 33.0 Å². The second-order valence-corrected chi connectivity index (χ2v) is 4.46. The summed E-state index contributed by atoms with van der Waals surface area (Å²) in [6.45, 7) is 2.39. The molecular weight excluding hydrogens is 260 g/mol. The molecule has 7 nitrogen and oxygen atoms in total. The van der Waals surface area contributed by atoms with Crippen molar-refractivity contribution in [3.05, 3.63) is 35.8 Å². The molecule has 0 fully saturated rings. The fourth-order valence-corrected chi connectivity index (χ4v) is 1.76. The number of hydrogen-bond acceptors (Lipinski definition) is 3. The second kappa shape index (κ2) is 6.05. The Hall–Kier alpha value is -2.57. The van der Waals surface area contributed by atoms with E-state index in [9.17, 15) is 9.59 Å². The maximum Gasteiger partial charge on any atom is 0.315 e. The lowest BCUT2D eigenvalue weighted by atomic mass is 10.3. The van der Waals surface area contributed by atoms with Gasteiger partial charge in [0.1, 0.15) is 5.65 Å². The van der Waals surface area contributed by atoms with E-state index in [1.165, 1.54) is 0 Å². The van der Waals surface area contributed by atoms with Crippen molar-refractivity contribution in [1.29, 1.82) is 0 Å². The number of carbonyl (C=O) groups is 2. The summed E-state index contributed by atoms with van der Waals surface area (Å²) in [7, 11) is 0. The highest BCUT2D eigenvalue weighted by Crippen LogP contribution is 2.06. The summed E-state index contributed by atoms with van der Waals surface area (Å²) in [6.07, 6.45) is 3.71. The van der Waals surface area contributed by atoms with Crippen LogP contribution in [0.3, 0.4) is 0 Å². The van der Waals surface area contributed by atoms with Gasteiger partial charge in [0.25, 0.3) is 0 Å². The highest BCUT2D eigenvalue weighted by atomic mass is 16.4. The van der Waals surface area contributed by atoms with Gasteiger partial charge in [0, 0.05) is 18.9 Å². The first-order chi connectivity index (χ1) is 9.54. The molecule has 0 unspecified atom stereocenters. The average molecular weight is 276 g/mol. The molecule has 2 aromatic rings. The quantitative estimate of drug-likeness (QED) is 0.756. The van der Waals surface area contributed by atoms with E-state index in [1.54, 1.807) is 0 Å². The van der Waals surface area contributed by atoms with Crippen LogP contribution in [0.2, 0.25) is 0 Å². The number of imidazole rings is 1. The molecule has 0 aliphatic rings. The first-order valence-electron chi connectivity index (χ1n) is 6.22. The van der Waals surface area contributed by atoms with E-state index in [1.807, 2.05) is 35.9 Å². The van der Waals surface area contributed by atoms with Crippen molar-refractivity contribution >= 4 is 17.6 Å². The number of hydrogen-bond donors (Lipinski definition) is 3. The number of rotatable bonds is 5. The van der Waals surface area contributed by atoms with Gasteiger partial charge in [0.2, 0.25) is 0 Å². The topological polar surface area (TPSA) is 95.7 Å². The number of pyridine rings is 1. The molecule has 106 valence electrons. The van der Waals surface area contributed by atoms with Crippen molar-refractivity contribution in [3.8, 4) is 0 Å². The van der Waals surface area contributed by atoms with Gasteiger partial charge in [-0.15, -0.1) is 0 Å². The van der Waals surface area contributed by atoms with Crippen LogP contribution in [-0.2, 0) is 11.3 Å². The number of nitrogens with one attached hydrogen (secondary N) is 2. The Morgan fingerprint density at radius 3 is 2.85 bits per heavy atom. The summed E-state index contributed by atoms with van der Waals surface area (Å²) in [5, 5.41) is 13.5. The number of carboxylic acid groups (broad SMARTS) is 1. The zero-order valence-corrected chi connectivity index (χ0v) is 11.1. The third-order valence-corrected chi connectivity index (χ3v) is 2.70. The van der Waals surface area contributed by atoms with Gasteiger partial charge < -0.3 is 20.1 Å². The smallest absolute Gasteiger partial charge is 0.315 e. The summed E-state index contributed by atoms with van der Waals surface area (Å²) in [6, 6.07) is 3.48. The van der Waals surface area contributed by atoms with E-state index < -0.39 is 12.0 Å². The van der Waals surface area contributed by atoms with Crippen LogP contribution >= 0.6 is 0 Å². The van der Waals surface area contributed by atoms with Gasteiger partial charge >= 0.3 is 12.0 Å². The van der Waals surface area contributed by atoms with Gasteiger partial charge in [0.15, 0.2) is 0 Å². The van der Waals surface area contributed by atoms with Gasteiger partial charge in [-0.05, 0) is 18.6 Å². The van der Waals surface area contributed by atoms with Crippen molar-refractivity contribution in [3.63, 3.8) is 0 Å². The predicted molar refractivity (Wildman–Crippen MR) is 72.4 cm³/mol. The summed E-state index contributed by atoms with van der Waals surface area (Å²) in [5.74, 6) is -0.943. The zero-order valence-electron chi connectivity index (χ0n) is 11.1. The van der Waals surface area contributed by atoms with E-state index in [2.05, 4.69) is 15.6 Å². The van der Waals surface area contributed by atoms with Crippen LogP contribution in [0.25, 0.3) is 5.65 Å². The third-order valence-electron chi connectivity index (χ3n) is 2.70. The minimum atomic E-state index is -0.943. The number of aryl methyl sites for hydroxylation is 1. The van der Waals surface area contributed by atoms with Crippen LogP contribution in [0.5, 0.6) is 0 Å². The second-order valence-electron chi connectivity index (χ2n) is 4.46. The molecule has 0 aromatic carbocycles. The van der Waals surface area contributed by atoms with Crippen molar-refractivity contribution in [2.45, 2.75) is 19.9 Å². The molecule has 20 heavy (non-hydrogen) atoms. The Morgan fingerprint density at radius 1 is 1.30 bits per heavy atom. The molecule has 0 aliphatic heterocycles. The fourth-order valence-electron chi connectivity index (χ4n) is 1.76. The number of urea groups is 1. The summed E-state index contributed by atoms with van der Waals surface area (Å²) < 4.78 is 1.90. The average Bonchev–Trinajstić information content (AvgIpc) is 2.77. The van der Waals surface area contributed by atoms with Crippen LogP contribution in [0.1, 0.15) is 17.7 Å². The van der Waals surface area contributed by atoms with Crippen molar-refractivity contribution < 1.29 is 14.7 Å². The number of aliphatic carboxylic acids is 1. The number of nitrogens with zero attached hydrogens (tertiary/aromatic N) is 2. The zero-order chi connectivity index (χ0) is 14.5. The number of aromatic nitrogens is 2. The normalized spacial score (nSPS) is 10.4. The lowest BCUT2D eigenvalue weighted by Gasteiger charge is -2.04. The van der Waals surface area contributed by atoms with Crippen molar-refractivity contribution in [1.82, 2.24) is 20.0 Å². The van der Waals surface area contributed by atoms with Gasteiger partial charge in [-0.2, -0.15) is 0 Å². The van der Waals surface area contributed by atoms with Crippen molar-refractivity contribution in [2.75, 3.05) is 6.54 Å². The molecule has 0 saturated carbocycles. The van der Waals surface area contributed by atoms with Gasteiger partial charge in [-0.25, -0.2) is 9.78 Å². The van der Waals surface area contributed by atoms with Crippen LogP contribution in [0.15, 0.2) is 24.5 Å². The van der Waals surface area contributed by atoms with Gasteiger partial charge in [0.05, 0.1) is 18.7 Å². The molecule has 3 N–H and O–H groups in total. The third kappa shape index (κ3) is 3.71. The minimum absolute atomic E-state index is 0.0962. The largest absolute Gasteiger partial charge is 0.481 e. The molecule has 2 heterocycles. The van der Waals surface area contributed by atoms with Crippen LogP contribution < -0.4 is 10.6 Å². The lowest BCUT2D eigenvalue weighted by molar-refractivity contribution is -0.136. The molecule has 0 bridgehead atoms. The van der Waals surface area contributed by atoms with Crippen molar-refractivity contribution in [2.24, 2.45) is 0 Å². The monoisotopic (exact) mass is 276 g/mol. The van der Waals surface area contributed by atoms with E-state index in [0.717, 1.165) is 16.9 Å². The predicted octanol–water partition coefficient (Wildman–Crippen LogP) is 0.917. The summed E-state index contributed by atoms with van der Waals surface area (Å²) in [5.41, 5.74) is 2.68. The number of fused-ring (bicyclic) bond motifs is 1. The Kier molecular flexibility index (Phi) is 4.19. The van der Waals surface area contributed by atoms with E-state index in [0.29, 0.717) is 6.54 Å². The molecule has 2 rings (SSSR count). The number of amides is 2. The minimum Gasteiger partial charge on any atom is -0.481 e. The molecule has 0 spiro atoms. The molecule has 2 aromatic heterocycles. The van der Waals surface area contributed by atoms with Gasteiger partial charge in [-0.1, -0.05) is 6.07 Å². The Balaban J connectivity index is 1.86. The molecule has 0 radical (unpaired) electrons. The number of carbonyl (C=O) groups excluding carboxylic acids is 1. The van der Waals surface area contributed by atoms with E-state index in [-0.39, 0.29) is 13.0 Å². The van der Waals surface area contributed by atoms with Crippen LogP contribution in [0, 0.1) is 6.92 Å². The molecule has 2 amide bonds. The standard InChI is InChI=1S/C13H16N4O3/c1-9-2-3-11-16-10(8-17(11)7-9)6-15-13(20)14-5-4-12(18)19/h2-3,7-8H,4-6H2,1H3,(H,18,19)(H2,14,15,20). The number of carboxylic acids is 1.